The van der Waals surface area contributed by atoms with E-state index >= 15 is 0 Å². The van der Waals surface area contributed by atoms with Crippen LogP contribution in [0.4, 0.5) is 10.5 Å². The number of para-hydroxylation sites is 1. The molecule has 0 bridgehead atoms. The van der Waals surface area contributed by atoms with E-state index in [9.17, 15) is 14.4 Å². The quantitative estimate of drug-likeness (QED) is 0.473. The Hall–Kier alpha value is -3.79. The standard InChI is InChI=1S/C30H39N3O4/c1-10-22-14-16-23(17-15-22)26(27(34)32-25-20(4)12-11-13-21(25)5)33(9)28(35)24(18-19(2)3)31-29(36)37-30(6,7)8/h1,11-17,19,24,26H,18H2,2-9H3,(H,31,36)(H,32,34). The molecule has 2 N–H and O–H groups in total. The van der Waals surface area contributed by atoms with E-state index in [2.05, 4.69) is 16.6 Å². The summed E-state index contributed by atoms with van der Waals surface area (Å²) in [6.07, 6.45) is 5.20. The summed E-state index contributed by atoms with van der Waals surface area (Å²) in [5, 5.41) is 5.71. The highest BCUT2D eigenvalue weighted by atomic mass is 16.6. The second kappa shape index (κ2) is 12.4. The van der Waals surface area contributed by atoms with Crippen molar-refractivity contribution in [3.8, 4) is 12.3 Å². The number of benzene rings is 2. The van der Waals surface area contributed by atoms with Gasteiger partial charge in [0.1, 0.15) is 17.7 Å². The Morgan fingerprint density at radius 2 is 1.59 bits per heavy atom. The van der Waals surface area contributed by atoms with Crippen LogP contribution in [0.3, 0.4) is 0 Å². The van der Waals surface area contributed by atoms with Gasteiger partial charge in [-0.05, 0) is 75.8 Å². The van der Waals surface area contributed by atoms with Gasteiger partial charge in [-0.1, -0.05) is 50.1 Å². The molecular weight excluding hydrogens is 466 g/mol. The molecule has 7 nitrogen and oxygen atoms in total. The van der Waals surface area contributed by atoms with Crippen LogP contribution in [0.2, 0.25) is 0 Å². The molecule has 7 heteroatoms. The number of rotatable bonds is 8. The lowest BCUT2D eigenvalue weighted by molar-refractivity contribution is -0.139. The molecule has 0 fully saturated rings. The summed E-state index contributed by atoms with van der Waals surface area (Å²) in [5.74, 6) is 1.90. The van der Waals surface area contributed by atoms with Crippen molar-refractivity contribution in [3.05, 3.63) is 64.7 Å². The molecule has 0 radical (unpaired) electrons. The number of carbonyl (C=O) groups is 3. The Morgan fingerprint density at radius 1 is 1.03 bits per heavy atom. The number of aryl methyl sites for hydroxylation is 2. The van der Waals surface area contributed by atoms with Crippen molar-refractivity contribution in [1.82, 2.24) is 10.2 Å². The summed E-state index contributed by atoms with van der Waals surface area (Å²) in [6.45, 7) is 13.0. The average molecular weight is 506 g/mol. The van der Waals surface area contributed by atoms with E-state index in [1.165, 1.54) is 4.90 Å². The van der Waals surface area contributed by atoms with Gasteiger partial charge < -0.3 is 20.3 Å². The van der Waals surface area contributed by atoms with Crippen molar-refractivity contribution in [2.45, 2.75) is 72.6 Å². The zero-order valence-corrected chi connectivity index (χ0v) is 23.1. The Morgan fingerprint density at radius 3 is 2.08 bits per heavy atom. The van der Waals surface area contributed by atoms with Gasteiger partial charge in [0.15, 0.2) is 0 Å². The van der Waals surface area contributed by atoms with Crippen LogP contribution < -0.4 is 10.6 Å². The summed E-state index contributed by atoms with van der Waals surface area (Å²) in [6, 6.07) is 10.9. The number of nitrogens with one attached hydrogen (secondary N) is 2. The second-order valence-corrected chi connectivity index (χ2v) is 10.7. The first kappa shape index (κ1) is 29.4. The molecule has 3 amide bonds. The number of hydrogen-bond donors (Lipinski definition) is 2. The zero-order chi connectivity index (χ0) is 27.9. The van der Waals surface area contributed by atoms with E-state index < -0.39 is 29.7 Å². The fraction of sp³-hybridized carbons (Fsp3) is 0.433. The molecule has 0 aromatic heterocycles. The Balaban J connectivity index is 2.44. The Kier molecular flexibility index (Phi) is 9.90. The van der Waals surface area contributed by atoms with E-state index in [-0.39, 0.29) is 11.8 Å². The Bertz CT molecular complexity index is 1140. The van der Waals surface area contributed by atoms with Gasteiger partial charge >= 0.3 is 6.09 Å². The maximum Gasteiger partial charge on any atom is 0.408 e. The van der Waals surface area contributed by atoms with E-state index in [0.29, 0.717) is 23.2 Å². The van der Waals surface area contributed by atoms with Crippen LogP contribution in [0.15, 0.2) is 42.5 Å². The first-order valence-electron chi connectivity index (χ1n) is 12.4. The minimum atomic E-state index is -0.964. The molecule has 2 aromatic rings. The van der Waals surface area contributed by atoms with E-state index in [1.54, 1.807) is 52.1 Å². The smallest absolute Gasteiger partial charge is 0.408 e. The topological polar surface area (TPSA) is 87.7 Å². The summed E-state index contributed by atoms with van der Waals surface area (Å²) >= 11 is 0. The van der Waals surface area contributed by atoms with Crippen LogP contribution in [0.5, 0.6) is 0 Å². The molecule has 2 atom stereocenters. The minimum Gasteiger partial charge on any atom is -0.444 e. The van der Waals surface area contributed by atoms with Crippen LogP contribution in [0.25, 0.3) is 0 Å². The summed E-state index contributed by atoms with van der Waals surface area (Å²) in [5.41, 5.74) is 3.06. The third-order valence-electron chi connectivity index (χ3n) is 5.80. The van der Waals surface area contributed by atoms with E-state index in [1.807, 2.05) is 45.9 Å². The number of amides is 3. The molecule has 2 aromatic carbocycles. The van der Waals surface area contributed by atoms with Gasteiger partial charge in [-0.25, -0.2) is 4.79 Å². The SMILES string of the molecule is C#Cc1ccc(C(C(=O)Nc2c(C)cccc2C)N(C)C(=O)C(CC(C)C)NC(=O)OC(C)(C)C)cc1. The molecule has 0 saturated heterocycles. The fourth-order valence-corrected chi connectivity index (χ4v) is 4.03. The van der Waals surface area contributed by atoms with Crippen molar-refractivity contribution in [1.29, 1.82) is 0 Å². The molecule has 0 aliphatic heterocycles. The third-order valence-corrected chi connectivity index (χ3v) is 5.80. The number of terminal acetylenes is 1. The number of nitrogens with zero attached hydrogens (tertiary/aromatic N) is 1. The second-order valence-electron chi connectivity index (χ2n) is 10.7. The van der Waals surface area contributed by atoms with Gasteiger partial charge in [0.2, 0.25) is 5.91 Å². The van der Waals surface area contributed by atoms with Gasteiger partial charge in [0.25, 0.3) is 5.91 Å². The lowest BCUT2D eigenvalue weighted by atomic mass is 9.99. The van der Waals surface area contributed by atoms with Crippen LogP contribution >= 0.6 is 0 Å². The summed E-state index contributed by atoms with van der Waals surface area (Å²) in [4.78, 5) is 41.4. The maximum absolute atomic E-state index is 13.8. The lowest BCUT2D eigenvalue weighted by Gasteiger charge is -2.32. The van der Waals surface area contributed by atoms with Gasteiger partial charge in [0.05, 0.1) is 0 Å². The molecule has 2 rings (SSSR count). The predicted molar refractivity (Wildman–Crippen MR) is 147 cm³/mol. The minimum absolute atomic E-state index is 0.106. The van der Waals surface area contributed by atoms with E-state index in [0.717, 1.165) is 11.1 Å². The Labute approximate surface area is 221 Å². The van der Waals surface area contributed by atoms with Crippen molar-refractivity contribution in [2.75, 3.05) is 12.4 Å². The molecule has 0 saturated carbocycles. The number of carbonyl (C=O) groups excluding carboxylic acids is 3. The number of likely N-dealkylation sites (N-methyl/N-ethyl adjacent to an activating group) is 1. The number of ether oxygens (including phenoxy) is 1. The summed E-state index contributed by atoms with van der Waals surface area (Å²) < 4.78 is 5.38. The molecule has 2 unspecified atom stereocenters. The lowest BCUT2D eigenvalue weighted by Crippen LogP contribution is -2.51. The molecule has 0 heterocycles. The molecule has 0 aliphatic carbocycles. The van der Waals surface area contributed by atoms with Crippen LogP contribution in [0.1, 0.15) is 69.3 Å². The number of alkyl carbamates (subject to hydrolysis) is 1. The first-order chi connectivity index (χ1) is 17.2. The zero-order valence-electron chi connectivity index (χ0n) is 23.1. The summed E-state index contributed by atoms with van der Waals surface area (Å²) in [7, 11) is 1.57. The molecule has 0 spiro atoms. The highest BCUT2D eigenvalue weighted by Gasteiger charge is 2.34. The van der Waals surface area contributed by atoms with E-state index in [4.69, 9.17) is 11.2 Å². The monoisotopic (exact) mass is 505 g/mol. The highest BCUT2D eigenvalue weighted by Crippen LogP contribution is 2.27. The molecule has 198 valence electrons. The highest BCUT2D eigenvalue weighted by molar-refractivity contribution is 5.99. The fourth-order valence-electron chi connectivity index (χ4n) is 4.03. The van der Waals surface area contributed by atoms with Gasteiger partial charge in [0, 0.05) is 18.3 Å². The van der Waals surface area contributed by atoms with Crippen molar-refractivity contribution in [2.24, 2.45) is 5.92 Å². The number of anilines is 1. The molecule has 37 heavy (non-hydrogen) atoms. The molecular formula is C30H39N3O4. The van der Waals surface area contributed by atoms with Gasteiger partial charge in [-0.3, -0.25) is 9.59 Å². The van der Waals surface area contributed by atoms with Gasteiger partial charge in [-0.2, -0.15) is 0 Å². The van der Waals surface area contributed by atoms with Crippen molar-refractivity contribution >= 4 is 23.6 Å². The first-order valence-corrected chi connectivity index (χ1v) is 12.4. The normalized spacial score (nSPS) is 12.8. The molecule has 0 aliphatic rings. The largest absolute Gasteiger partial charge is 0.444 e. The van der Waals surface area contributed by atoms with Crippen LogP contribution in [-0.4, -0.2) is 41.5 Å². The number of hydrogen-bond acceptors (Lipinski definition) is 4. The maximum atomic E-state index is 13.8. The van der Waals surface area contributed by atoms with Crippen LogP contribution in [-0.2, 0) is 14.3 Å². The van der Waals surface area contributed by atoms with Crippen molar-refractivity contribution < 1.29 is 19.1 Å². The predicted octanol–water partition coefficient (Wildman–Crippen LogP) is 5.36. The van der Waals surface area contributed by atoms with Crippen LogP contribution in [0, 0.1) is 32.1 Å². The van der Waals surface area contributed by atoms with Gasteiger partial charge in [-0.15, -0.1) is 6.42 Å². The average Bonchev–Trinajstić information content (AvgIpc) is 2.79. The third kappa shape index (κ3) is 8.38. The van der Waals surface area contributed by atoms with Crippen molar-refractivity contribution in [3.63, 3.8) is 0 Å².